The van der Waals surface area contributed by atoms with Crippen LogP contribution in [0, 0.1) is 5.82 Å². The van der Waals surface area contributed by atoms with E-state index in [0.717, 1.165) is 10.6 Å². The number of hydrogen-bond donors (Lipinski definition) is 1. The lowest BCUT2D eigenvalue weighted by atomic mass is 10.1. The molecule has 0 spiro atoms. The molecule has 1 fully saturated rings. The summed E-state index contributed by atoms with van der Waals surface area (Å²) in [6.45, 7) is 15.8. The number of rotatable bonds is 7. The fraction of sp³-hybridized carbons (Fsp3) is 0.519. The number of carbonyl (C=O) groups excluding carboxylic acids is 1. The minimum atomic E-state index is -2.02. The number of carbonyl (C=O) groups is 1. The predicted molar refractivity (Wildman–Crippen MR) is 161 cm³/mol. The molecule has 1 N–H and O–H groups in total. The van der Waals surface area contributed by atoms with Crippen molar-refractivity contribution in [2.45, 2.75) is 64.8 Å². The standard InChI is InChI=1S/C27H35Cl2FN6O5Si/c1-15-14-35(16(2)13-32-15)26(38)41-24-17-12-18(30)21(28)33-23(17)36(25(37)34-24)20-19(8-9-31-22(20)29)39-10-11-40-42(6,7)27(3,4)5/h8-9,12,15-16,32H,10-11,13-14H2,1-7H3. The van der Waals surface area contributed by atoms with Crippen molar-refractivity contribution in [3.8, 4) is 17.3 Å². The monoisotopic (exact) mass is 640 g/mol. The van der Waals surface area contributed by atoms with Crippen LogP contribution in [0.4, 0.5) is 9.18 Å². The summed E-state index contributed by atoms with van der Waals surface area (Å²) in [5, 5.41) is 2.61. The number of nitrogens with zero attached hydrogens (tertiary/aromatic N) is 5. The summed E-state index contributed by atoms with van der Waals surface area (Å²) in [4.78, 5) is 40.3. The average molecular weight is 642 g/mol. The Morgan fingerprint density at radius 2 is 1.90 bits per heavy atom. The SMILES string of the molecule is CC1CN(C(=O)Oc2nc(=O)n(-c3c(OCCO[Si](C)(C)C(C)(C)C)ccnc3Cl)c3nc(Cl)c(F)cc23)C(C)CN1. The van der Waals surface area contributed by atoms with E-state index in [4.69, 9.17) is 37.1 Å². The van der Waals surface area contributed by atoms with E-state index in [2.05, 4.69) is 54.1 Å². The molecular formula is C27H35Cl2FN6O5Si. The highest BCUT2D eigenvalue weighted by atomic mass is 35.5. The van der Waals surface area contributed by atoms with Gasteiger partial charge in [-0.1, -0.05) is 44.0 Å². The van der Waals surface area contributed by atoms with Gasteiger partial charge < -0.3 is 24.1 Å². The van der Waals surface area contributed by atoms with Crippen LogP contribution in [0.3, 0.4) is 0 Å². The molecule has 4 rings (SSSR count). The van der Waals surface area contributed by atoms with Gasteiger partial charge in [0.15, 0.2) is 30.1 Å². The van der Waals surface area contributed by atoms with Crippen molar-refractivity contribution in [3.05, 3.63) is 44.9 Å². The first-order chi connectivity index (χ1) is 19.6. The maximum absolute atomic E-state index is 14.7. The number of piperazine rings is 1. The van der Waals surface area contributed by atoms with Crippen LogP contribution in [-0.4, -0.2) is 77.2 Å². The van der Waals surface area contributed by atoms with Gasteiger partial charge in [-0.2, -0.15) is 4.98 Å². The van der Waals surface area contributed by atoms with Crippen LogP contribution in [-0.2, 0) is 4.43 Å². The van der Waals surface area contributed by atoms with E-state index in [1.807, 2.05) is 13.8 Å². The van der Waals surface area contributed by atoms with E-state index in [-0.39, 0.29) is 51.4 Å². The summed E-state index contributed by atoms with van der Waals surface area (Å²) < 4.78 is 33.4. The number of pyridine rings is 2. The molecular weight excluding hydrogens is 606 g/mol. The molecule has 42 heavy (non-hydrogen) atoms. The van der Waals surface area contributed by atoms with Crippen molar-refractivity contribution in [2.75, 3.05) is 26.3 Å². The molecule has 4 heterocycles. The van der Waals surface area contributed by atoms with Crippen LogP contribution in [0.1, 0.15) is 34.6 Å². The van der Waals surface area contributed by atoms with Gasteiger partial charge in [-0.15, -0.1) is 0 Å². The molecule has 228 valence electrons. The van der Waals surface area contributed by atoms with Gasteiger partial charge in [-0.3, -0.25) is 0 Å². The number of halogens is 3. The van der Waals surface area contributed by atoms with Crippen molar-refractivity contribution in [3.63, 3.8) is 0 Å². The van der Waals surface area contributed by atoms with E-state index in [9.17, 15) is 14.0 Å². The Morgan fingerprint density at radius 3 is 2.60 bits per heavy atom. The molecule has 1 saturated heterocycles. The van der Waals surface area contributed by atoms with Crippen molar-refractivity contribution in [1.82, 2.24) is 29.7 Å². The molecule has 2 unspecified atom stereocenters. The number of nitrogens with one attached hydrogen (secondary N) is 1. The van der Waals surface area contributed by atoms with Crippen LogP contribution in [0.25, 0.3) is 16.7 Å². The largest absolute Gasteiger partial charge is 0.489 e. The predicted octanol–water partition coefficient (Wildman–Crippen LogP) is 5.20. The Labute approximate surface area is 254 Å². The van der Waals surface area contributed by atoms with Crippen LogP contribution in [0.2, 0.25) is 28.4 Å². The molecule has 1 aliphatic heterocycles. The van der Waals surface area contributed by atoms with Crippen LogP contribution in [0.5, 0.6) is 11.6 Å². The number of hydrogen-bond acceptors (Lipinski definition) is 9. The second-order valence-corrected chi connectivity index (χ2v) is 17.3. The molecule has 0 radical (unpaired) electrons. The molecule has 1 amide bonds. The minimum absolute atomic E-state index is 0.0165. The Bertz CT molecular complexity index is 1550. The van der Waals surface area contributed by atoms with Crippen LogP contribution >= 0.6 is 23.2 Å². The zero-order chi connectivity index (χ0) is 31.0. The summed E-state index contributed by atoms with van der Waals surface area (Å²) >= 11 is 12.5. The smallest absolute Gasteiger partial charge is 0.416 e. The third kappa shape index (κ3) is 6.70. The lowest BCUT2D eigenvalue weighted by Gasteiger charge is -2.36. The molecule has 0 aromatic carbocycles. The molecule has 15 heteroatoms. The van der Waals surface area contributed by atoms with Gasteiger partial charge in [0.05, 0.1) is 12.0 Å². The number of ether oxygens (including phenoxy) is 2. The summed E-state index contributed by atoms with van der Waals surface area (Å²) in [5.74, 6) is -1.12. The van der Waals surface area contributed by atoms with Gasteiger partial charge in [-0.05, 0) is 38.0 Å². The zero-order valence-corrected chi connectivity index (χ0v) is 27.1. The normalized spacial score (nSPS) is 17.9. The Kier molecular flexibility index (Phi) is 9.48. The van der Waals surface area contributed by atoms with Crippen LogP contribution < -0.4 is 20.5 Å². The maximum Gasteiger partial charge on any atom is 0.416 e. The zero-order valence-electron chi connectivity index (χ0n) is 24.6. The Hall–Kier alpha value is -2.84. The quantitative estimate of drug-likeness (QED) is 0.211. The molecule has 0 saturated carbocycles. The van der Waals surface area contributed by atoms with Gasteiger partial charge in [-0.25, -0.2) is 28.5 Å². The third-order valence-corrected chi connectivity index (χ3v) is 12.7. The van der Waals surface area contributed by atoms with Gasteiger partial charge in [0.25, 0.3) is 0 Å². The minimum Gasteiger partial charge on any atom is -0.489 e. The first kappa shape index (κ1) is 32.1. The van der Waals surface area contributed by atoms with Gasteiger partial charge in [0.2, 0.25) is 5.88 Å². The number of fused-ring (bicyclic) bond motifs is 1. The van der Waals surface area contributed by atoms with E-state index >= 15 is 0 Å². The Balaban J connectivity index is 1.73. The highest BCUT2D eigenvalue weighted by Gasteiger charge is 2.37. The highest BCUT2D eigenvalue weighted by molar-refractivity contribution is 6.74. The van der Waals surface area contributed by atoms with Crippen molar-refractivity contribution in [1.29, 1.82) is 0 Å². The average Bonchev–Trinajstić information content (AvgIpc) is 2.89. The van der Waals surface area contributed by atoms with E-state index < -0.39 is 37.0 Å². The van der Waals surface area contributed by atoms with E-state index in [0.29, 0.717) is 19.7 Å². The van der Waals surface area contributed by atoms with Crippen molar-refractivity contribution >= 4 is 48.6 Å². The molecule has 0 aliphatic carbocycles. The summed E-state index contributed by atoms with van der Waals surface area (Å²) in [5.41, 5.74) is -1.05. The second-order valence-electron chi connectivity index (χ2n) is 11.8. The van der Waals surface area contributed by atoms with E-state index in [1.54, 1.807) is 0 Å². The highest BCUT2D eigenvalue weighted by Crippen LogP contribution is 2.37. The molecule has 2 atom stereocenters. The maximum atomic E-state index is 14.7. The Morgan fingerprint density at radius 1 is 1.19 bits per heavy atom. The summed E-state index contributed by atoms with van der Waals surface area (Å²) in [7, 11) is -2.02. The van der Waals surface area contributed by atoms with Crippen molar-refractivity contribution < 1.29 is 23.1 Å². The second kappa shape index (κ2) is 12.4. The van der Waals surface area contributed by atoms with Gasteiger partial charge in [0, 0.05) is 37.4 Å². The molecule has 1 aliphatic rings. The van der Waals surface area contributed by atoms with E-state index in [1.165, 1.54) is 17.2 Å². The van der Waals surface area contributed by atoms with Gasteiger partial charge >= 0.3 is 11.8 Å². The lowest BCUT2D eigenvalue weighted by molar-refractivity contribution is 0.112. The number of amides is 1. The fourth-order valence-corrected chi connectivity index (χ4v) is 5.56. The summed E-state index contributed by atoms with van der Waals surface area (Å²) in [6, 6.07) is 2.37. The first-order valence-electron chi connectivity index (χ1n) is 13.5. The summed E-state index contributed by atoms with van der Waals surface area (Å²) in [6.07, 6.45) is 0.685. The van der Waals surface area contributed by atoms with Crippen LogP contribution in [0.15, 0.2) is 23.1 Å². The van der Waals surface area contributed by atoms with Crippen molar-refractivity contribution in [2.24, 2.45) is 0 Å². The lowest BCUT2D eigenvalue weighted by Crippen LogP contribution is -2.57. The molecule has 11 nitrogen and oxygen atoms in total. The van der Waals surface area contributed by atoms with Gasteiger partial charge in [0.1, 0.15) is 18.0 Å². The first-order valence-corrected chi connectivity index (χ1v) is 17.2. The molecule has 0 bridgehead atoms. The topological polar surface area (TPSA) is 121 Å². The third-order valence-electron chi connectivity index (χ3n) is 7.60. The molecule has 3 aromatic rings. The molecule has 3 aromatic heterocycles. The fourth-order valence-electron chi connectivity index (χ4n) is 4.17. The number of aromatic nitrogens is 4.